The van der Waals surface area contributed by atoms with Crippen molar-refractivity contribution < 1.29 is 9.59 Å². The average molecular weight is 393 g/mol. The number of hydrogen-bond acceptors (Lipinski definition) is 4. The summed E-state index contributed by atoms with van der Waals surface area (Å²) in [6.45, 7) is 6.31. The van der Waals surface area contributed by atoms with Gasteiger partial charge in [-0.1, -0.05) is 63.2 Å². The van der Waals surface area contributed by atoms with Crippen molar-refractivity contribution in [3.05, 3.63) is 76.1 Å². The summed E-state index contributed by atoms with van der Waals surface area (Å²) in [5.74, 6) is -0.294. The molecule has 3 aromatic rings. The lowest BCUT2D eigenvalue weighted by Gasteiger charge is -2.19. The van der Waals surface area contributed by atoms with Gasteiger partial charge in [-0.15, -0.1) is 11.3 Å². The van der Waals surface area contributed by atoms with Gasteiger partial charge >= 0.3 is 0 Å². The molecule has 1 heterocycles. The summed E-state index contributed by atoms with van der Waals surface area (Å²) in [6.07, 6.45) is 0.222. The van der Waals surface area contributed by atoms with Gasteiger partial charge in [-0.2, -0.15) is 0 Å². The van der Waals surface area contributed by atoms with Gasteiger partial charge in [-0.05, 0) is 23.1 Å². The number of benzene rings is 2. The van der Waals surface area contributed by atoms with E-state index in [1.54, 1.807) is 6.07 Å². The van der Waals surface area contributed by atoms with Crippen LogP contribution in [-0.2, 0) is 16.6 Å². The van der Waals surface area contributed by atoms with Crippen LogP contribution >= 0.6 is 11.3 Å². The number of hydrogen-bond donors (Lipinski definition) is 1. The van der Waals surface area contributed by atoms with Crippen molar-refractivity contribution in [2.45, 2.75) is 32.6 Å². The zero-order valence-corrected chi connectivity index (χ0v) is 17.2. The molecule has 0 atom stereocenters. The molecular formula is C23H24N2O2S. The fourth-order valence-corrected chi connectivity index (χ4v) is 3.60. The van der Waals surface area contributed by atoms with Gasteiger partial charge in [0.25, 0.3) is 5.91 Å². The molecule has 0 fully saturated rings. The van der Waals surface area contributed by atoms with Gasteiger partial charge in [-0.25, -0.2) is 4.98 Å². The number of Topliss-reactive ketones (excluding diaryl/α,β-unsaturated/α-hetero) is 1. The second kappa shape index (κ2) is 8.48. The SMILES string of the molecule is CC(C)(C)c1cccc(C(=O)NCC(=O)Cc2nc(-c3ccccc3)cs2)c1. The Labute approximate surface area is 169 Å². The van der Waals surface area contributed by atoms with Gasteiger partial charge in [0.15, 0.2) is 5.78 Å². The molecule has 1 aromatic heterocycles. The molecule has 28 heavy (non-hydrogen) atoms. The summed E-state index contributed by atoms with van der Waals surface area (Å²) < 4.78 is 0. The smallest absolute Gasteiger partial charge is 0.251 e. The monoisotopic (exact) mass is 392 g/mol. The number of thiazole rings is 1. The lowest BCUT2D eigenvalue weighted by Crippen LogP contribution is -2.30. The van der Waals surface area contributed by atoms with E-state index < -0.39 is 0 Å². The topological polar surface area (TPSA) is 59.1 Å². The first-order valence-electron chi connectivity index (χ1n) is 9.23. The van der Waals surface area contributed by atoms with Crippen molar-refractivity contribution in [2.24, 2.45) is 0 Å². The van der Waals surface area contributed by atoms with Gasteiger partial charge in [0.05, 0.1) is 18.7 Å². The molecule has 0 unspecified atom stereocenters. The highest BCUT2D eigenvalue weighted by Gasteiger charge is 2.16. The minimum Gasteiger partial charge on any atom is -0.345 e. The lowest BCUT2D eigenvalue weighted by atomic mass is 9.86. The molecule has 0 aliphatic rings. The Morgan fingerprint density at radius 1 is 1.04 bits per heavy atom. The Hall–Kier alpha value is -2.79. The van der Waals surface area contributed by atoms with Crippen molar-refractivity contribution in [3.8, 4) is 11.3 Å². The van der Waals surface area contributed by atoms with E-state index in [4.69, 9.17) is 0 Å². The predicted molar refractivity (Wildman–Crippen MR) is 114 cm³/mol. The van der Waals surface area contributed by atoms with E-state index in [2.05, 4.69) is 31.1 Å². The third-order valence-corrected chi connectivity index (χ3v) is 5.26. The van der Waals surface area contributed by atoms with Crippen molar-refractivity contribution in [1.82, 2.24) is 10.3 Å². The molecule has 3 rings (SSSR count). The van der Waals surface area contributed by atoms with Gasteiger partial charge in [0, 0.05) is 16.5 Å². The maximum Gasteiger partial charge on any atom is 0.251 e. The summed E-state index contributed by atoms with van der Waals surface area (Å²) in [5.41, 5.74) is 3.53. The third-order valence-electron chi connectivity index (χ3n) is 4.41. The summed E-state index contributed by atoms with van der Waals surface area (Å²) >= 11 is 1.46. The number of nitrogens with one attached hydrogen (secondary N) is 1. The van der Waals surface area contributed by atoms with E-state index >= 15 is 0 Å². The predicted octanol–water partition coefficient (Wildman–Crippen LogP) is 4.65. The van der Waals surface area contributed by atoms with E-state index in [-0.39, 0.29) is 30.1 Å². The van der Waals surface area contributed by atoms with Crippen LogP contribution in [0.5, 0.6) is 0 Å². The number of ketones is 1. The largest absolute Gasteiger partial charge is 0.345 e. The van der Waals surface area contributed by atoms with Crippen LogP contribution in [-0.4, -0.2) is 23.2 Å². The van der Waals surface area contributed by atoms with Gasteiger partial charge < -0.3 is 5.32 Å². The first-order chi connectivity index (χ1) is 13.3. The van der Waals surface area contributed by atoms with Crippen LogP contribution in [0.1, 0.15) is 41.7 Å². The first kappa shape index (κ1) is 20.0. The van der Waals surface area contributed by atoms with Gasteiger partial charge in [-0.3, -0.25) is 9.59 Å². The van der Waals surface area contributed by atoms with Crippen LogP contribution in [0.3, 0.4) is 0 Å². The van der Waals surface area contributed by atoms with Crippen LogP contribution in [0.15, 0.2) is 60.0 Å². The normalized spacial score (nSPS) is 11.2. The number of carbonyl (C=O) groups excluding carboxylic acids is 2. The Kier molecular flexibility index (Phi) is 6.05. The number of rotatable bonds is 6. The van der Waals surface area contributed by atoms with Crippen LogP contribution in [0.25, 0.3) is 11.3 Å². The molecule has 0 saturated heterocycles. The Morgan fingerprint density at radius 3 is 2.50 bits per heavy atom. The lowest BCUT2D eigenvalue weighted by molar-refractivity contribution is -0.117. The third kappa shape index (κ3) is 5.14. The van der Waals surface area contributed by atoms with Crippen LogP contribution in [0.2, 0.25) is 0 Å². The van der Waals surface area contributed by atoms with E-state index in [9.17, 15) is 9.59 Å². The molecule has 0 aliphatic carbocycles. The second-order valence-electron chi connectivity index (χ2n) is 7.72. The zero-order valence-electron chi connectivity index (χ0n) is 16.4. The molecule has 0 saturated carbocycles. The van der Waals surface area contributed by atoms with Gasteiger partial charge in [0.2, 0.25) is 0 Å². The quantitative estimate of drug-likeness (QED) is 0.664. The molecule has 1 amide bonds. The van der Waals surface area contributed by atoms with Crippen LogP contribution in [0, 0.1) is 0 Å². The fourth-order valence-electron chi connectivity index (χ4n) is 2.77. The maximum atomic E-state index is 12.4. The minimum atomic E-state index is -0.233. The van der Waals surface area contributed by atoms with E-state index in [0.29, 0.717) is 5.56 Å². The standard InChI is InChI=1S/C23H24N2O2S/c1-23(2,3)18-11-7-10-17(12-18)22(27)24-14-19(26)13-21-25-20(15-28-21)16-8-5-4-6-9-16/h4-12,15H,13-14H2,1-3H3,(H,24,27). The molecular weight excluding hydrogens is 368 g/mol. The van der Waals surface area contributed by atoms with E-state index in [1.807, 2.05) is 53.9 Å². The second-order valence-corrected chi connectivity index (χ2v) is 8.66. The van der Waals surface area contributed by atoms with Gasteiger partial charge in [0.1, 0.15) is 5.01 Å². The molecule has 1 N–H and O–H groups in total. The molecule has 0 radical (unpaired) electrons. The Bertz CT molecular complexity index is 972. The molecule has 2 aromatic carbocycles. The molecule has 0 aliphatic heterocycles. The summed E-state index contributed by atoms with van der Waals surface area (Å²) in [7, 11) is 0. The Balaban J connectivity index is 1.56. The number of carbonyl (C=O) groups is 2. The van der Waals surface area contributed by atoms with Crippen molar-refractivity contribution >= 4 is 23.0 Å². The molecule has 5 heteroatoms. The minimum absolute atomic E-state index is 0.00116. The van der Waals surface area contributed by atoms with Crippen molar-refractivity contribution in [1.29, 1.82) is 0 Å². The number of amides is 1. The summed E-state index contributed by atoms with van der Waals surface area (Å²) in [6, 6.07) is 17.4. The van der Waals surface area contributed by atoms with Crippen LogP contribution in [0.4, 0.5) is 0 Å². The average Bonchev–Trinajstić information content (AvgIpc) is 3.14. The highest BCUT2D eigenvalue weighted by molar-refractivity contribution is 7.10. The molecule has 4 nitrogen and oxygen atoms in total. The Morgan fingerprint density at radius 2 is 1.79 bits per heavy atom. The fraction of sp³-hybridized carbons (Fsp3) is 0.261. The maximum absolute atomic E-state index is 12.4. The molecule has 144 valence electrons. The van der Waals surface area contributed by atoms with E-state index in [1.165, 1.54) is 11.3 Å². The van der Waals surface area contributed by atoms with Crippen LogP contribution < -0.4 is 5.32 Å². The van der Waals surface area contributed by atoms with E-state index in [0.717, 1.165) is 21.8 Å². The first-order valence-corrected chi connectivity index (χ1v) is 10.1. The summed E-state index contributed by atoms with van der Waals surface area (Å²) in [4.78, 5) is 29.2. The molecule has 0 spiro atoms. The highest BCUT2D eigenvalue weighted by atomic mass is 32.1. The number of aromatic nitrogens is 1. The summed E-state index contributed by atoms with van der Waals surface area (Å²) in [5, 5.41) is 5.43. The van der Waals surface area contributed by atoms with Crippen molar-refractivity contribution in [3.63, 3.8) is 0 Å². The number of nitrogens with zero attached hydrogens (tertiary/aromatic N) is 1. The zero-order chi connectivity index (χ0) is 20.1. The highest BCUT2D eigenvalue weighted by Crippen LogP contribution is 2.23. The van der Waals surface area contributed by atoms with Crippen molar-refractivity contribution in [2.75, 3.05) is 6.54 Å². The molecule has 0 bridgehead atoms.